The Morgan fingerprint density at radius 2 is 1.21 bits per heavy atom. The molecule has 0 bridgehead atoms. The third kappa shape index (κ3) is 12.3. The minimum atomic E-state index is 0.330. The summed E-state index contributed by atoms with van der Waals surface area (Å²) in [7, 11) is 1.95. The molecule has 2 nitrogen and oxygen atoms in total. The molecule has 0 saturated heterocycles. The van der Waals surface area contributed by atoms with Gasteiger partial charge in [-0.3, -0.25) is 4.79 Å². The van der Waals surface area contributed by atoms with Gasteiger partial charge in [-0.25, -0.2) is 0 Å². The summed E-state index contributed by atoms with van der Waals surface area (Å²) in [5, 5.41) is 0. The molecule has 0 rings (SSSR count). The first kappa shape index (κ1) is 18.5. The van der Waals surface area contributed by atoms with Crippen LogP contribution >= 0.6 is 0 Å². The summed E-state index contributed by atoms with van der Waals surface area (Å²) in [6, 6.07) is 0. The van der Waals surface area contributed by atoms with E-state index >= 15 is 0 Å². The molecule has 0 radical (unpaired) electrons. The van der Waals surface area contributed by atoms with Crippen LogP contribution in [0.2, 0.25) is 0 Å². The van der Waals surface area contributed by atoms with Crippen LogP contribution in [0, 0.1) is 0 Å². The van der Waals surface area contributed by atoms with E-state index < -0.39 is 0 Å². The SMILES string of the molecule is CCCCCCCCCCN(C)C(=O)CCCCC. The highest BCUT2D eigenvalue weighted by molar-refractivity contribution is 5.75. The Bertz CT molecular complexity index is 203. The van der Waals surface area contributed by atoms with Crippen molar-refractivity contribution in [1.29, 1.82) is 0 Å². The fourth-order valence-electron chi connectivity index (χ4n) is 2.32. The first-order chi connectivity index (χ1) is 9.22. The van der Waals surface area contributed by atoms with Crippen LogP contribution in [0.4, 0.5) is 0 Å². The molecule has 0 saturated carbocycles. The van der Waals surface area contributed by atoms with Crippen LogP contribution in [-0.4, -0.2) is 24.4 Å². The Morgan fingerprint density at radius 3 is 1.79 bits per heavy atom. The number of unbranched alkanes of at least 4 members (excludes halogenated alkanes) is 9. The lowest BCUT2D eigenvalue weighted by Crippen LogP contribution is -2.27. The molecule has 0 aliphatic carbocycles. The average Bonchev–Trinajstić information content (AvgIpc) is 2.41. The number of hydrogen-bond donors (Lipinski definition) is 0. The largest absolute Gasteiger partial charge is 0.346 e. The zero-order valence-corrected chi connectivity index (χ0v) is 13.5. The smallest absolute Gasteiger partial charge is 0.222 e. The Labute approximate surface area is 120 Å². The van der Waals surface area contributed by atoms with Gasteiger partial charge in [-0.15, -0.1) is 0 Å². The van der Waals surface area contributed by atoms with Crippen LogP contribution < -0.4 is 0 Å². The first-order valence-electron chi connectivity index (χ1n) is 8.46. The van der Waals surface area contributed by atoms with Gasteiger partial charge < -0.3 is 4.90 Å². The van der Waals surface area contributed by atoms with Crippen molar-refractivity contribution >= 4 is 5.91 Å². The van der Waals surface area contributed by atoms with Gasteiger partial charge in [0.2, 0.25) is 5.91 Å². The fraction of sp³-hybridized carbons (Fsp3) is 0.941. The molecule has 0 aliphatic heterocycles. The lowest BCUT2D eigenvalue weighted by molar-refractivity contribution is -0.130. The van der Waals surface area contributed by atoms with Crippen LogP contribution in [0.15, 0.2) is 0 Å². The van der Waals surface area contributed by atoms with Gasteiger partial charge in [0.1, 0.15) is 0 Å². The first-order valence-corrected chi connectivity index (χ1v) is 8.46. The van der Waals surface area contributed by atoms with E-state index in [2.05, 4.69) is 13.8 Å². The summed E-state index contributed by atoms with van der Waals surface area (Å²) in [5.74, 6) is 0.330. The number of amides is 1. The molecule has 0 atom stereocenters. The predicted molar refractivity (Wildman–Crippen MR) is 84.4 cm³/mol. The van der Waals surface area contributed by atoms with E-state index in [4.69, 9.17) is 0 Å². The van der Waals surface area contributed by atoms with Gasteiger partial charge in [0.25, 0.3) is 0 Å². The summed E-state index contributed by atoms with van der Waals surface area (Å²) in [4.78, 5) is 13.7. The topological polar surface area (TPSA) is 20.3 Å². The van der Waals surface area contributed by atoms with E-state index in [1.54, 1.807) is 0 Å². The normalized spacial score (nSPS) is 10.7. The van der Waals surface area contributed by atoms with Crippen LogP contribution in [0.3, 0.4) is 0 Å². The summed E-state index contributed by atoms with van der Waals surface area (Å²) in [6.07, 6.45) is 14.8. The highest BCUT2D eigenvalue weighted by atomic mass is 16.2. The third-order valence-electron chi connectivity index (χ3n) is 3.77. The third-order valence-corrected chi connectivity index (χ3v) is 3.77. The summed E-state index contributed by atoms with van der Waals surface area (Å²) >= 11 is 0. The second kappa shape index (κ2) is 13.9. The van der Waals surface area contributed by atoms with Gasteiger partial charge in [0.15, 0.2) is 0 Å². The lowest BCUT2D eigenvalue weighted by Gasteiger charge is -2.16. The van der Waals surface area contributed by atoms with E-state index in [1.165, 1.54) is 64.2 Å². The molecule has 0 fully saturated rings. The molecule has 2 heteroatoms. The molecule has 0 aliphatic rings. The molecule has 0 aromatic heterocycles. The molecule has 0 aromatic rings. The number of hydrogen-bond acceptors (Lipinski definition) is 1. The van der Waals surface area contributed by atoms with Gasteiger partial charge in [-0.2, -0.15) is 0 Å². The van der Waals surface area contributed by atoms with Crippen molar-refractivity contribution in [3.05, 3.63) is 0 Å². The van der Waals surface area contributed by atoms with Crippen molar-refractivity contribution in [2.75, 3.05) is 13.6 Å². The molecule has 0 spiro atoms. The second-order valence-corrected chi connectivity index (χ2v) is 5.75. The Kier molecular flexibility index (Phi) is 13.5. The predicted octanol–water partition coefficient (Wildman–Crippen LogP) is 5.17. The second-order valence-electron chi connectivity index (χ2n) is 5.75. The molecule has 0 unspecified atom stereocenters. The van der Waals surface area contributed by atoms with Crippen LogP contribution in [0.1, 0.15) is 90.9 Å². The number of nitrogens with zero attached hydrogens (tertiary/aromatic N) is 1. The molecule has 114 valence electrons. The van der Waals surface area contributed by atoms with Crippen LogP contribution in [0.25, 0.3) is 0 Å². The monoisotopic (exact) mass is 269 g/mol. The van der Waals surface area contributed by atoms with Crippen molar-refractivity contribution in [2.24, 2.45) is 0 Å². The highest BCUT2D eigenvalue weighted by Crippen LogP contribution is 2.09. The van der Waals surface area contributed by atoms with Gasteiger partial charge in [0, 0.05) is 20.0 Å². The Morgan fingerprint density at radius 1 is 0.737 bits per heavy atom. The summed E-state index contributed by atoms with van der Waals surface area (Å²) in [6.45, 7) is 5.38. The van der Waals surface area contributed by atoms with Gasteiger partial charge in [-0.1, -0.05) is 71.6 Å². The van der Waals surface area contributed by atoms with E-state index in [-0.39, 0.29) is 0 Å². The van der Waals surface area contributed by atoms with E-state index in [9.17, 15) is 4.79 Å². The van der Waals surface area contributed by atoms with Gasteiger partial charge in [-0.05, 0) is 12.8 Å². The molecular weight excluding hydrogens is 234 g/mol. The Hall–Kier alpha value is -0.530. The van der Waals surface area contributed by atoms with Crippen molar-refractivity contribution in [3.63, 3.8) is 0 Å². The van der Waals surface area contributed by atoms with Crippen LogP contribution in [-0.2, 0) is 4.79 Å². The summed E-state index contributed by atoms with van der Waals surface area (Å²) < 4.78 is 0. The van der Waals surface area contributed by atoms with Crippen molar-refractivity contribution in [1.82, 2.24) is 4.90 Å². The zero-order chi connectivity index (χ0) is 14.3. The van der Waals surface area contributed by atoms with Gasteiger partial charge >= 0.3 is 0 Å². The lowest BCUT2D eigenvalue weighted by atomic mass is 10.1. The molecule has 0 heterocycles. The Balaban J connectivity index is 3.32. The molecular formula is C17H35NO. The molecule has 1 amide bonds. The molecule has 0 N–H and O–H groups in total. The highest BCUT2D eigenvalue weighted by Gasteiger charge is 2.07. The standard InChI is InChI=1S/C17H35NO/c1-4-6-8-9-10-11-12-14-16-18(3)17(19)15-13-7-5-2/h4-16H2,1-3H3. The zero-order valence-electron chi connectivity index (χ0n) is 13.5. The van der Waals surface area contributed by atoms with E-state index in [0.717, 1.165) is 19.4 Å². The average molecular weight is 269 g/mol. The number of carbonyl (C=O) groups is 1. The van der Waals surface area contributed by atoms with Crippen molar-refractivity contribution < 1.29 is 4.79 Å². The molecule has 0 aromatic carbocycles. The van der Waals surface area contributed by atoms with E-state index in [1.807, 2.05) is 11.9 Å². The van der Waals surface area contributed by atoms with E-state index in [0.29, 0.717) is 5.91 Å². The number of carbonyl (C=O) groups excluding carboxylic acids is 1. The maximum atomic E-state index is 11.8. The van der Waals surface area contributed by atoms with Crippen LogP contribution in [0.5, 0.6) is 0 Å². The van der Waals surface area contributed by atoms with Gasteiger partial charge in [0.05, 0.1) is 0 Å². The minimum Gasteiger partial charge on any atom is -0.346 e. The maximum Gasteiger partial charge on any atom is 0.222 e. The summed E-state index contributed by atoms with van der Waals surface area (Å²) in [5.41, 5.74) is 0. The van der Waals surface area contributed by atoms with Crippen molar-refractivity contribution in [3.8, 4) is 0 Å². The molecule has 19 heavy (non-hydrogen) atoms. The minimum absolute atomic E-state index is 0.330. The number of rotatable bonds is 13. The quantitative estimate of drug-likeness (QED) is 0.423. The fourth-order valence-corrected chi connectivity index (χ4v) is 2.32. The maximum absolute atomic E-state index is 11.8. The van der Waals surface area contributed by atoms with Crippen molar-refractivity contribution in [2.45, 2.75) is 90.9 Å².